The molecule has 2 fully saturated rings. The van der Waals surface area contributed by atoms with Crippen molar-refractivity contribution in [3.05, 3.63) is 0 Å². The van der Waals surface area contributed by atoms with Gasteiger partial charge in [0, 0.05) is 25.2 Å². The first kappa shape index (κ1) is 14.8. The summed E-state index contributed by atoms with van der Waals surface area (Å²) >= 11 is 0. The van der Waals surface area contributed by atoms with Crippen LogP contribution in [0.25, 0.3) is 0 Å². The van der Waals surface area contributed by atoms with E-state index < -0.39 is 0 Å². The number of rotatable bonds is 6. The SMILES string of the molecule is CCC1CCC(C#N)C(N(CCCO)C2CCC2)C1. The summed E-state index contributed by atoms with van der Waals surface area (Å²) in [7, 11) is 0. The van der Waals surface area contributed by atoms with E-state index in [1.807, 2.05) is 0 Å². The van der Waals surface area contributed by atoms with Gasteiger partial charge in [0.25, 0.3) is 0 Å². The number of aliphatic hydroxyl groups excluding tert-OH is 1. The molecule has 3 heteroatoms. The van der Waals surface area contributed by atoms with Crippen LogP contribution in [0.1, 0.15) is 58.3 Å². The van der Waals surface area contributed by atoms with Gasteiger partial charge < -0.3 is 5.11 Å². The highest BCUT2D eigenvalue weighted by Crippen LogP contribution is 2.37. The Kier molecular flexibility index (Phi) is 5.66. The monoisotopic (exact) mass is 264 g/mol. The van der Waals surface area contributed by atoms with Gasteiger partial charge in [-0.1, -0.05) is 19.8 Å². The Morgan fingerprint density at radius 1 is 1.26 bits per heavy atom. The Labute approximate surface area is 117 Å². The van der Waals surface area contributed by atoms with Crippen LogP contribution in [0.4, 0.5) is 0 Å². The van der Waals surface area contributed by atoms with E-state index in [0.29, 0.717) is 12.1 Å². The number of nitrogens with zero attached hydrogens (tertiary/aromatic N) is 2. The van der Waals surface area contributed by atoms with Crippen molar-refractivity contribution in [2.75, 3.05) is 13.2 Å². The second-order valence-corrected chi connectivity index (χ2v) is 6.29. The molecule has 19 heavy (non-hydrogen) atoms. The molecule has 0 radical (unpaired) electrons. The molecule has 108 valence electrons. The van der Waals surface area contributed by atoms with Gasteiger partial charge in [0.1, 0.15) is 0 Å². The number of hydrogen-bond donors (Lipinski definition) is 1. The third-order valence-corrected chi connectivity index (χ3v) is 5.21. The molecule has 2 aliphatic rings. The molecule has 0 amide bonds. The maximum atomic E-state index is 9.44. The minimum atomic E-state index is 0.210. The summed E-state index contributed by atoms with van der Waals surface area (Å²) in [5.41, 5.74) is 0. The van der Waals surface area contributed by atoms with Crippen LogP contribution in [0.5, 0.6) is 0 Å². The number of hydrogen-bond acceptors (Lipinski definition) is 3. The van der Waals surface area contributed by atoms with Crippen molar-refractivity contribution in [3.63, 3.8) is 0 Å². The first-order valence-electron chi connectivity index (χ1n) is 8.06. The Morgan fingerprint density at radius 2 is 2.05 bits per heavy atom. The van der Waals surface area contributed by atoms with Gasteiger partial charge in [-0.25, -0.2) is 0 Å². The minimum absolute atomic E-state index is 0.210. The first-order chi connectivity index (χ1) is 9.30. The highest BCUT2D eigenvalue weighted by atomic mass is 16.3. The standard InChI is InChI=1S/C16H28N2O/c1-2-13-7-8-14(12-17)16(11-13)18(9-4-10-19)15-5-3-6-15/h13-16,19H,2-11H2,1H3. The van der Waals surface area contributed by atoms with Crippen LogP contribution in [0, 0.1) is 23.2 Å². The van der Waals surface area contributed by atoms with Gasteiger partial charge in [-0.05, 0) is 44.4 Å². The Bertz CT molecular complexity index is 308. The van der Waals surface area contributed by atoms with Gasteiger partial charge in [-0.15, -0.1) is 0 Å². The third kappa shape index (κ3) is 3.49. The van der Waals surface area contributed by atoms with Crippen molar-refractivity contribution < 1.29 is 5.11 Å². The van der Waals surface area contributed by atoms with Crippen molar-refractivity contribution in [1.29, 1.82) is 5.26 Å². The fourth-order valence-corrected chi connectivity index (χ4v) is 3.71. The van der Waals surface area contributed by atoms with Crippen LogP contribution in [0.15, 0.2) is 0 Å². The van der Waals surface area contributed by atoms with Gasteiger partial charge in [0.2, 0.25) is 0 Å². The topological polar surface area (TPSA) is 47.3 Å². The van der Waals surface area contributed by atoms with Crippen LogP contribution in [-0.4, -0.2) is 35.2 Å². The third-order valence-electron chi connectivity index (χ3n) is 5.21. The molecular formula is C16H28N2O. The van der Waals surface area contributed by atoms with Crippen molar-refractivity contribution >= 4 is 0 Å². The zero-order chi connectivity index (χ0) is 13.7. The Morgan fingerprint density at radius 3 is 2.58 bits per heavy atom. The summed E-state index contributed by atoms with van der Waals surface area (Å²) < 4.78 is 0. The normalized spacial score (nSPS) is 32.0. The van der Waals surface area contributed by atoms with Gasteiger partial charge in [-0.3, -0.25) is 4.90 Å². The molecule has 0 aliphatic heterocycles. The van der Waals surface area contributed by atoms with Gasteiger partial charge in [0.15, 0.2) is 0 Å². The molecule has 0 heterocycles. The molecule has 0 saturated heterocycles. The van der Waals surface area contributed by atoms with E-state index in [1.165, 1.54) is 38.5 Å². The molecule has 0 aromatic carbocycles. The fraction of sp³-hybridized carbons (Fsp3) is 0.938. The lowest BCUT2D eigenvalue weighted by Crippen LogP contribution is -2.52. The lowest BCUT2D eigenvalue weighted by Gasteiger charge is -2.47. The van der Waals surface area contributed by atoms with E-state index in [0.717, 1.165) is 25.3 Å². The van der Waals surface area contributed by atoms with Crippen molar-refractivity contribution in [2.45, 2.75) is 70.4 Å². The largest absolute Gasteiger partial charge is 0.396 e. The van der Waals surface area contributed by atoms with E-state index in [9.17, 15) is 5.26 Å². The summed E-state index contributed by atoms with van der Waals surface area (Å²) in [5.74, 6) is 1.01. The van der Waals surface area contributed by atoms with Crippen molar-refractivity contribution in [2.24, 2.45) is 11.8 Å². The highest BCUT2D eigenvalue weighted by Gasteiger charge is 2.38. The lowest BCUT2D eigenvalue weighted by atomic mass is 9.75. The molecule has 0 spiro atoms. The second kappa shape index (κ2) is 7.26. The second-order valence-electron chi connectivity index (χ2n) is 6.29. The first-order valence-corrected chi connectivity index (χ1v) is 8.06. The smallest absolute Gasteiger partial charge is 0.0672 e. The molecule has 3 atom stereocenters. The molecule has 0 aromatic heterocycles. The van der Waals surface area contributed by atoms with E-state index in [1.54, 1.807) is 0 Å². The van der Waals surface area contributed by atoms with E-state index >= 15 is 0 Å². The van der Waals surface area contributed by atoms with E-state index in [2.05, 4.69) is 17.9 Å². The average molecular weight is 264 g/mol. The van der Waals surface area contributed by atoms with Crippen molar-refractivity contribution in [3.8, 4) is 6.07 Å². The molecule has 3 unspecified atom stereocenters. The maximum Gasteiger partial charge on any atom is 0.0672 e. The number of nitriles is 1. The van der Waals surface area contributed by atoms with Crippen LogP contribution >= 0.6 is 0 Å². The average Bonchev–Trinajstić information content (AvgIpc) is 2.40. The molecule has 2 rings (SSSR count). The summed E-state index contributed by atoms with van der Waals surface area (Å²) in [6.07, 6.45) is 9.49. The summed E-state index contributed by atoms with van der Waals surface area (Å²) in [5, 5.41) is 18.6. The molecular weight excluding hydrogens is 236 g/mol. The molecule has 1 N–H and O–H groups in total. The van der Waals surface area contributed by atoms with Crippen molar-refractivity contribution in [1.82, 2.24) is 4.90 Å². The van der Waals surface area contributed by atoms with Crippen LogP contribution in [-0.2, 0) is 0 Å². The van der Waals surface area contributed by atoms with E-state index in [-0.39, 0.29) is 12.5 Å². The van der Waals surface area contributed by atoms with Gasteiger partial charge in [0.05, 0.1) is 12.0 Å². The zero-order valence-corrected chi connectivity index (χ0v) is 12.2. The minimum Gasteiger partial charge on any atom is -0.396 e. The van der Waals surface area contributed by atoms with Gasteiger partial charge >= 0.3 is 0 Å². The van der Waals surface area contributed by atoms with Crippen LogP contribution in [0.3, 0.4) is 0 Å². The summed E-state index contributed by atoms with van der Waals surface area (Å²) in [4.78, 5) is 2.58. The summed E-state index contributed by atoms with van der Waals surface area (Å²) in [6, 6.07) is 3.68. The molecule has 0 aromatic rings. The highest BCUT2D eigenvalue weighted by molar-refractivity contribution is 4.99. The molecule has 2 saturated carbocycles. The lowest BCUT2D eigenvalue weighted by molar-refractivity contribution is 0.0241. The van der Waals surface area contributed by atoms with Crippen LogP contribution in [0.2, 0.25) is 0 Å². The Hall–Kier alpha value is -0.590. The molecule has 3 nitrogen and oxygen atoms in total. The molecule has 2 aliphatic carbocycles. The summed E-state index contributed by atoms with van der Waals surface area (Å²) in [6.45, 7) is 3.51. The maximum absolute atomic E-state index is 9.44. The van der Waals surface area contributed by atoms with Crippen LogP contribution < -0.4 is 0 Å². The fourth-order valence-electron chi connectivity index (χ4n) is 3.71. The van der Waals surface area contributed by atoms with Gasteiger partial charge in [-0.2, -0.15) is 5.26 Å². The number of aliphatic hydroxyl groups is 1. The predicted octanol–water partition coefficient (Wildman–Crippen LogP) is 2.94. The van der Waals surface area contributed by atoms with E-state index in [4.69, 9.17) is 5.11 Å². The Balaban J connectivity index is 2.04. The molecule has 0 bridgehead atoms. The predicted molar refractivity (Wildman–Crippen MR) is 76.6 cm³/mol. The quantitative estimate of drug-likeness (QED) is 0.802. The zero-order valence-electron chi connectivity index (χ0n) is 12.2.